The topological polar surface area (TPSA) is 46.1 Å². The summed E-state index contributed by atoms with van der Waals surface area (Å²) < 4.78 is 0. The van der Waals surface area contributed by atoms with E-state index < -0.39 is 0 Å². The fourth-order valence-electron chi connectivity index (χ4n) is 5.33. The number of likely N-dealkylation sites (tertiary alicyclic amines) is 1. The van der Waals surface area contributed by atoms with Crippen LogP contribution in [0.1, 0.15) is 39.0 Å². The van der Waals surface area contributed by atoms with Gasteiger partial charge in [-0.15, -0.1) is 24.0 Å². The number of benzene rings is 1. The summed E-state index contributed by atoms with van der Waals surface area (Å²) in [6, 6.07) is 12.6. The van der Waals surface area contributed by atoms with E-state index in [1.54, 1.807) is 0 Å². The third kappa shape index (κ3) is 6.71. The Hall–Kier alpha value is -1.06. The Morgan fingerprint density at radius 1 is 1.03 bits per heavy atom. The van der Waals surface area contributed by atoms with E-state index in [-0.39, 0.29) is 24.0 Å². The third-order valence-corrected chi connectivity index (χ3v) is 7.25. The van der Waals surface area contributed by atoms with Gasteiger partial charge in [-0.2, -0.15) is 0 Å². The van der Waals surface area contributed by atoms with E-state index >= 15 is 0 Å². The van der Waals surface area contributed by atoms with Crippen molar-refractivity contribution in [1.82, 2.24) is 20.4 Å². The van der Waals surface area contributed by atoms with Crippen molar-refractivity contribution in [3.05, 3.63) is 30.3 Å². The lowest BCUT2D eigenvalue weighted by Crippen LogP contribution is -2.54. The van der Waals surface area contributed by atoms with Gasteiger partial charge in [-0.3, -0.25) is 14.8 Å². The van der Waals surface area contributed by atoms with Gasteiger partial charge in [-0.1, -0.05) is 31.0 Å². The number of anilines is 1. The molecule has 174 valence electrons. The van der Waals surface area contributed by atoms with Crippen LogP contribution in [0.2, 0.25) is 0 Å². The van der Waals surface area contributed by atoms with Crippen LogP contribution in [-0.4, -0.2) is 86.7 Å². The van der Waals surface area contributed by atoms with E-state index in [4.69, 9.17) is 0 Å². The Bertz CT molecular complexity index is 670. The van der Waals surface area contributed by atoms with Gasteiger partial charge >= 0.3 is 0 Å². The SMILES string of the molecule is CN=C(NCC(C)N1CCN(c2ccccc2)CC1)NC1CCN(C2CCCC2)C1.I. The zero-order valence-corrected chi connectivity index (χ0v) is 21.6. The molecule has 2 saturated heterocycles. The number of aliphatic imine (C=N–C) groups is 1. The average Bonchev–Trinajstić information content (AvgIpc) is 3.49. The van der Waals surface area contributed by atoms with Gasteiger partial charge in [0.2, 0.25) is 0 Å². The first-order valence-corrected chi connectivity index (χ1v) is 12.0. The predicted octanol–water partition coefficient (Wildman–Crippen LogP) is 3.00. The predicted molar refractivity (Wildman–Crippen MR) is 142 cm³/mol. The summed E-state index contributed by atoms with van der Waals surface area (Å²) in [7, 11) is 1.89. The fourth-order valence-corrected chi connectivity index (χ4v) is 5.33. The van der Waals surface area contributed by atoms with Gasteiger partial charge < -0.3 is 15.5 Å². The number of hydrogen-bond acceptors (Lipinski definition) is 4. The van der Waals surface area contributed by atoms with Crippen LogP contribution in [0.4, 0.5) is 5.69 Å². The minimum atomic E-state index is 0. The van der Waals surface area contributed by atoms with Gasteiger partial charge in [0, 0.05) is 76.7 Å². The Balaban J connectivity index is 0.00000272. The Labute approximate surface area is 205 Å². The van der Waals surface area contributed by atoms with Gasteiger partial charge in [-0.05, 0) is 38.3 Å². The monoisotopic (exact) mass is 540 g/mol. The van der Waals surface area contributed by atoms with Crippen LogP contribution < -0.4 is 15.5 Å². The van der Waals surface area contributed by atoms with Crippen LogP contribution in [-0.2, 0) is 0 Å². The first-order valence-electron chi connectivity index (χ1n) is 12.0. The molecule has 2 heterocycles. The molecule has 0 bridgehead atoms. The molecular formula is C24H41IN6. The molecule has 0 radical (unpaired) electrons. The quantitative estimate of drug-likeness (QED) is 0.330. The second kappa shape index (κ2) is 12.3. The van der Waals surface area contributed by atoms with Crippen molar-refractivity contribution < 1.29 is 0 Å². The van der Waals surface area contributed by atoms with Crippen molar-refractivity contribution >= 4 is 35.6 Å². The molecule has 0 aromatic heterocycles. The molecule has 31 heavy (non-hydrogen) atoms. The number of nitrogens with zero attached hydrogens (tertiary/aromatic N) is 4. The molecular weight excluding hydrogens is 499 g/mol. The first kappa shape index (κ1) is 24.6. The molecule has 2 N–H and O–H groups in total. The molecule has 2 unspecified atom stereocenters. The minimum absolute atomic E-state index is 0. The van der Waals surface area contributed by atoms with Gasteiger partial charge in [0.25, 0.3) is 0 Å². The Kier molecular flexibility index (Phi) is 9.72. The van der Waals surface area contributed by atoms with Crippen LogP contribution in [0.3, 0.4) is 0 Å². The highest BCUT2D eigenvalue weighted by Gasteiger charge is 2.30. The molecule has 3 aliphatic rings. The highest BCUT2D eigenvalue weighted by atomic mass is 127. The van der Waals surface area contributed by atoms with Crippen LogP contribution in [0.5, 0.6) is 0 Å². The van der Waals surface area contributed by atoms with Gasteiger partial charge in [-0.25, -0.2) is 0 Å². The van der Waals surface area contributed by atoms with Crippen LogP contribution >= 0.6 is 24.0 Å². The standard InChI is InChI=1S/C24H40N6.HI/c1-20(28-14-16-29(17-15-28)22-8-4-3-5-9-22)18-26-24(25-2)27-21-12-13-30(19-21)23-10-6-7-11-23;/h3-5,8-9,20-21,23H,6-7,10-19H2,1-2H3,(H2,25,26,27);1H. The van der Waals surface area contributed by atoms with Crippen LogP contribution in [0, 0.1) is 0 Å². The molecule has 1 aromatic rings. The summed E-state index contributed by atoms with van der Waals surface area (Å²) in [5, 5.41) is 7.26. The number of hydrogen-bond donors (Lipinski definition) is 2. The van der Waals surface area contributed by atoms with E-state index in [9.17, 15) is 0 Å². The van der Waals surface area contributed by atoms with E-state index in [0.29, 0.717) is 12.1 Å². The van der Waals surface area contributed by atoms with Gasteiger partial charge in [0.15, 0.2) is 5.96 Å². The van der Waals surface area contributed by atoms with Crippen molar-refractivity contribution in [1.29, 1.82) is 0 Å². The lowest BCUT2D eigenvalue weighted by Gasteiger charge is -2.39. The summed E-state index contributed by atoms with van der Waals surface area (Å²) in [6.45, 7) is 10.1. The largest absolute Gasteiger partial charge is 0.369 e. The van der Waals surface area contributed by atoms with Crippen molar-refractivity contribution in [2.24, 2.45) is 4.99 Å². The molecule has 3 fully saturated rings. The van der Waals surface area contributed by atoms with E-state index in [2.05, 4.69) is 67.6 Å². The van der Waals surface area contributed by atoms with Crippen molar-refractivity contribution in [3.8, 4) is 0 Å². The maximum Gasteiger partial charge on any atom is 0.191 e. The summed E-state index contributed by atoms with van der Waals surface area (Å²) >= 11 is 0. The second-order valence-electron chi connectivity index (χ2n) is 9.22. The zero-order chi connectivity index (χ0) is 20.8. The molecule has 6 nitrogen and oxygen atoms in total. The van der Waals surface area contributed by atoms with Gasteiger partial charge in [0.1, 0.15) is 0 Å². The Morgan fingerprint density at radius 3 is 2.42 bits per heavy atom. The smallest absolute Gasteiger partial charge is 0.191 e. The maximum atomic E-state index is 4.49. The number of halogens is 1. The normalized spacial score (nSPS) is 24.8. The van der Waals surface area contributed by atoms with Gasteiger partial charge in [0.05, 0.1) is 0 Å². The first-order chi connectivity index (χ1) is 14.7. The number of nitrogens with one attached hydrogen (secondary N) is 2. The molecule has 7 heteroatoms. The summed E-state index contributed by atoms with van der Waals surface area (Å²) in [6.07, 6.45) is 6.86. The molecule has 2 aliphatic heterocycles. The van der Waals surface area contributed by atoms with Crippen molar-refractivity contribution in [3.63, 3.8) is 0 Å². The zero-order valence-electron chi connectivity index (χ0n) is 19.3. The van der Waals surface area contributed by atoms with E-state index in [0.717, 1.165) is 44.7 Å². The average molecular weight is 541 g/mol. The third-order valence-electron chi connectivity index (χ3n) is 7.25. The van der Waals surface area contributed by atoms with Crippen molar-refractivity contribution in [2.45, 2.75) is 57.2 Å². The lowest BCUT2D eigenvalue weighted by atomic mass is 10.2. The lowest BCUT2D eigenvalue weighted by molar-refractivity contribution is 0.197. The molecule has 0 amide bonds. The Morgan fingerprint density at radius 2 is 1.74 bits per heavy atom. The summed E-state index contributed by atoms with van der Waals surface area (Å²) in [5.41, 5.74) is 1.34. The second-order valence-corrected chi connectivity index (χ2v) is 9.22. The number of piperazine rings is 1. The number of guanidine groups is 1. The van der Waals surface area contributed by atoms with Crippen LogP contribution in [0.25, 0.3) is 0 Å². The van der Waals surface area contributed by atoms with Crippen LogP contribution in [0.15, 0.2) is 35.3 Å². The summed E-state index contributed by atoms with van der Waals surface area (Å²) in [5.74, 6) is 0.961. The maximum absolute atomic E-state index is 4.49. The summed E-state index contributed by atoms with van der Waals surface area (Å²) in [4.78, 5) is 12.3. The minimum Gasteiger partial charge on any atom is -0.369 e. The molecule has 1 aromatic carbocycles. The molecule has 0 spiro atoms. The fraction of sp³-hybridized carbons (Fsp3) is 0.708. The van der Waals surface area contributed by atoms with Crippen molar-refractivity contribution in [2.75, 3.05) is 57.8 Å². The molecule has 4 rings (SSSR count). The highest BCUT2D eigenvalue weighted by molar-refractivity contribution is 14.0. The molecule has 1 aliphatic carbocycles. The molecule has 2 atom stereocenters. The molecule has 1 saturated carbocycles. The number of para-hydroxylation sites is 1. The van der Waals surface area contributed by atoms with E-state index in [1.165, 1.54) is 50.9 Å². The van der Waals surface area contributed by atoms with E-state index in [1.807, 2.05) is 7.05 Å². The highest BCUT2D eigenvalue weighted by Crippen LogP contribution is 2.26. The number of rotatable bonds is 6.